The van der Waals surface area contributed by atoms with Crippen LogP contribution in [-0.4, -0.2) is 28.2 Å². The van der Waals surface area contributed by atoms with Crippen molar-refractivity contribution in [2.75, 3.05) is 0 Å². The third-order valence-electron chi connectivity index (χ3n) is 3.63. The lowest BCUT2D eigenvalue weighted by Gasteiger charge is -2.14. The zero-order chi connectivity index (χ0) is 13.3. The quantitative estimate of drug-likeness (QED) is 0.717. The summed E-state index contributed by atoms with van der Waals surface area (Å²) in [5, 5.41) is 18.2. The Labute approximate surface area is 104 Å². The molecule has 0 aliphatic heterocycles. The highest BCUT2D eigenvalue weighted by atomic mass is 16.4. The molecule has 3 unspecified atom stereocenters. The molecule has 0 radical (unpaired) electrons. The van der Waals surface area contributed by atoms with E-state index in [0.29, 0.717) is 6.42 Å². The minimum atomic E-state index is -1.09. The zero-order valence-electron chi connectivity index (χ0n) is 9.74. The van der Waals surface area contributed by atoms with Crippen LogP contribution in [0, 0.1) is 5.92 Å². The maximum absolute atomic E-state index is 11.5. The van der Waals surface area contributed by atoms with Gasteiger partial charge in [0.15, 0.2) is 0 Å². The molecular formula is C13H15NO4. The lowest BCUT2D eigenvalue weighted by atomic mass is 9.91. The van der Waals surface area contributed by atoms with Crippen molar-refractivity contribution in [3.63, 3.8) is 0 Å². The van der Waals surface area contributed by atoms with E-state index in [1.807, 2.05) is 6.07 Å². The number of hydrogen-bond acceptors (Lipinski definition) is 3. The Morgan fingerprint density at radius 2 is 1.94 bits per heavy atom. The average Bonchev–Trinajstić information content (AvgIpc) is 3.05. The highest BCUT2D eigenvalue weighted by molar-refractivity contribution is 5.86. The molecule has 1 fully saturated rings. The molecule has 1 saturated carbocycles. The number of nitrogens with two attached hydrogens (primary N) is 1. The summed E-state index contributed by atoms with van der Waals surface area (Å²) >= 11 is 0. The molecule has 2 rings (SSSR count). The number of benzene rings is 1. The van der Waals surface area contributed by atoms with Crippen LogP contribution in [0.3, 0.4) is 0 Å². The fourth-order valence-electron chi connectivity index (χ4n) is 2.50. The lowest BCUT2D eigenvalue weighted by molar-refractivity contribution is -0.142. The van der Waals surface area contributed by atoms with Gasteiger partial charge in [0.05, 0.1) is 5.41 Å². The van der Waals surface area contributed by atoms with Crippen LogP contribution in [0.25, 0.3) is 0 Å². The summed E-state index contributed by atoms with van der Waals surface area (Å²) in [7, 11) is 0. The number of aliphatic carboxylic acids is 2. The molecule has 18 heavy (non-hydrogen) atoms. The zero-order valence-corrected chi connectivity index (χ0v) is 9.74. The molecule has 1 aliphatic rings. The van der Waals surface area contributed by atoms with Crippen LogP contribution in [0.5, 0.6) is 0 Å². The van der Waals surface area contributed by atoms with E-state index in [9.17, 15) is 14.7 Å². The lowest BCUT2D eigenvalue weighted by Crippen LogP contribution is -2.32. The van der Waals surface area contributed by atoms with Gasteiger partial charge in [0.2, 0.25) is 0 Å². The van der Waals surface area contributed by atoms with Crippen LogP contribution >= 0.6 is 0 Å². The van der Waals surface area contributed by atoms with Gasteiger partial charge in [-0.15, -0.1) is 0 Å². The third-order valence-corrected chi connectivity index (χ3v) is 3.63. The molecule has 5 heteroatoms. The van der Waals surface area contributed by atoms with E-state index in [4.69, 9.17) is 10.8 Å². The maximum atomic E-state index is 11.5. The van der Waals surface area contributed by atoms with Crippen LogP contribution in [0.1, 0.15) is 18.4 Å². The van der Waals surface area contributed by atoms with Crippen LogP contribution in [0.15, 0.2) is 30.3 Å². The molecule has 1 aliphatic carbocycles. The Morgan fingerprint density at radius 3 is 2.44 bits per heavy atom. The molecule has 96 valence electrons. The molecule has 5 nitrogen and oxygen atoms in total. The molecule has 0 spiro atoms. The monoisotopic (exact) mass is 249 g/mol. The number of hydrogen-bond donors (Lipinski definition) is 3. The van der Waals surface area contributed by atoms with Crippen molar-refractivity contribution in [1.82, 2.24) is 0 Å². The van der Waals surface area contributed by atoms with Crippen molar-refractivity contribution in [2.24, 2.45) is 11.7 Å². The molecule has 1 aromatic carbocycles. The Hall–Kier alpha value is -1.88. The fraction of sp³-hybridized carbons (Fsp3) is 0.385. The van der Waals surface area contributed by atoms with E-state index >= 15 is 0 Å². The molecule has 3 atom stereocenters. The smallest absolute Gasteiger partial charge is 0.320 e. The van der Waals surface area contributed by atoms with E-state index in [-0.39, 0.29) is 12.3 Å². The van der Waals surface area contributed by atoms with E-state index in [1.54, 1.807) is 24.3 Å². The first-order valence-corrected chi connectivity index (χ1v) is 5.76. The van der Waals surface area contributed by atoms with Crippen LogP contribution in [0.4, 0.5) is 0 Å². The Balaban J connectivity index is 2.19. The highest BCUT2D eigenvalue weighted by Crippen LogP contribution is 2.56. The topological polar surface area (TPSA) is 101 Å². The van der Waals surface area contributed by atoms with E-state index in [2.05, 4.69) is 0 Å². The van der Waals surface area contributed by atoms with E-state index in [0.717, 1.165) is 5.56 Å². The second-order valence-corrected chi connectivity index (χ2v) is 4.72. The summed E-state index contributed by atoms with van der Waals surface area (Å²) in [4.78, 5) is 22.2. The van der Waals surface area contributed by atoms with Gasteiger partial charge in [-0.25, -0.2) is 0 Å². The average molecular weight is 249 g/mol. The predicted molar refractivity (Wildman–Crippen MR) is 64.1 cm³/mol. The van der Waals surface area contributed by atoms with E-state index < -0.39 is 23.4 Å². The fourth-order valence-corrected chi connectivity index (χ4v) is 2.50. The van der Waals surface area contributed by atoms with Crippen molar-refractivity contribution >= 4 is 11.9 Å². The van der Waals surface area contributed by atoms with Crippen molar-refractivity contribution < 1.29 is 19.8 Å². The Bertz CT molecular complexity index is 473. The summed E-state index contributed by atoms with van der Waals surface area (Å²) < 4.78 is 0. The molecule has 0 heterocycles. The number of carboxylic acids is 2. The molecule has 0 aromatic heterocycles. The number of carboxylic acid groups (broad SMARTS) is 2. The number of carbonyl (C=O) groups is 2. The Kier molecular flexibility index (Phi) is 3.09. The summed E-state index contributed by atoms with van der Waals surface area (Å²) in [6.07, 6.45) is 0.643. The highest BCUT2D eigenvalue weighted by Gasteiger charge is 2.61. The van der Waals surface area contributed by atoms with Crippen LogP contribution in [-0.2, 0) is 15.0 Å². The first kappa shape index (κ1) is 12.6. The van der Waals surface area contributed by atoms with Crippen LogP contribution in [0.2, 0.25) is 0 Å². The first-order chi connectivity index (χ1) is 8.48. The van der Waals surface area contributed by atoms with Crippen molar-refractivity contribution in [3.05, 3.63) is 35.9 Å². The SMILES string of the molecule is NC(CC1CC1(C(=O)O)c1ccccc1)C(=O)O. The second kappa shape index (κ2) is 4.42. The van der Waals surface area contributed by atoms with Gasteiger partial charge in [-0.05, 0) is 24.3 Å². The summed E-state index contributed by atoms with van der Waals surface area (Å²) in [6, 6.07) is 7.92. The summed E-state index contributed by atoms with van der Waals surface area (Å²) in [5.74, 6) is -2.20. The van der Waals surface area contributed by atoms with Gasteiger partial charge in [-0.1, -0.05) is 30.3 Å². The predicted octanol–water partition coefficient (Wildman–Crippen LogP) is 0.831. The minimum Gasteiger partial charge on any atom is -0.481 e. The minimum absolute atomic E-state index is 0.191. The molecule has 0 bridgehead atoms. The third kappa shape index (κ3) is 1.97. The van der Waals surface area contributed by atoms with Crippen molar-refractivity contribution in [2.45, 2.75) is 24.3 Å². The molecule has 1 aromatic rings. The summed E-state index contributed by atoms with van der Waals surface area (Å²) in [5.41, 5.74) is 5.24. The van der Waals surface area contributed by atoms with Gasteiger partial charge < -0.3 is 15.9 Å². The normalized spacial score (nSPS) is 27.5. The second-order valence-electron chi connectivity index (χ2n) is 4.72. The van der Waals surface area contributed by atoms with Gasteiger partial charge in [-0.2, -0.15) is 0 Å². The first-order valence-electron chi connectivity index (χ1n) is 5.76. The molecule has 0 saturated heterocycles. The van der Waals surface area contributed by atoms with E-state index in [1.165, 1.54) is 0 Å². The van der Waals surface area contributed by atoms with Gasteiger partial charge in [0, 0.05) is 0 Å². The van der Waals surface area contributed by atoms with Crippen molar-refractivity contribution in [1.29, 1.82) is 0 Å². The standard InChI is InChI=1S/C13H15NO4/c14-10(11(15)16)6-9-7-13(9,12(17)18)8-4-2-1-3-5-8/h1-5,9-10H,6-7,14H2,(H,15,16)(H,17,18). The van der Waals surface area contributed by atoms with Gasteiger partial charge >= 0.3 is 11.9 Å². The van der Waals surface area contributed by atoms with Crippen LogP contribution < -0.4 is 5.73 Å². The molecule has 4 N–H and O–H groups in total. The molecule has 0 amide bonds. The van der Waals surface area contributed by atoms with Gasteiger partial charge in [0.25, 0.3) is 0 Å². The largest absolute Gasteiger partial charge is 0.481 e. The van der Waals surface area contributed by atoms with Gasteiger partial charge in [0.1, 0.15) is 6.04 Å². The maximum Gasteiger partial charge on any atom is 0.320 e. The van der Waals surface area contributed by atoms with Crippen molar-refractivity contribution in [3.8, 4) is 0 Å². The summed E-state index contributed by atoms with van der Waals surface area (Å²) in [6.45, 7) is 0. The number of rotatable bonds is 5. The molecular weight excluding hydrogens is 234 g/mol. The Morgan fingerprint density at radius 1 is 1.33 bits per heavy atom. The van der Waals surface area contributed by atoms with Gasteiger partial charge in [-0.3, -0.25) is 9.59 Å².